The van der Waals surface area contributed by atoms with Crippen LogP contribution in [0.4, 0.5) is 5.69 Å². The Hall–Kier alpha value is -2.73. The molecule has 0 unspecified atom stereocenters. The van der Waals surface area contributed by atoms with Gasteiger partial charge in [-0.05, 0) is 43.2 Å². The first kappa shape index (κ1) is 20.0. The second-order valence-electron chi connectivity index (χ2n) is 6.43. The van der Waals surface area contributed by atoms with E-state index in [0.717, 1.165) is 12.8 Å². The first-order valence-corrected chi connectivity index (χ1v) is 9.89. The third-order valence-corrected chi connectivity index (χ3v) is 4.50. The van der Waals surface area contributed by atoms with Gasteiger partial charge in [-0.25, -0.2) is 14.8 Å². The van der Waals surface area contributed by atoms with Gasteiger partial charge in [-0.2, -0.15) is 0 Å². The van der Waals surface area contributed by atoms with Crippen LogP contribution in [0.25, 0.3) is 22.1 Å². The molecule has 6 nitrogen and oxygen atoms in total. The van der Waals surface area contributed by atoms with Crippen molar-refractivity contribution in [2.45, 2.75) is 32.6 Å². The summed E-state index contributed by atoms with van der Waals surface area (Å²) in [6.45, 7) is 2.43. The Morgan fingerprint density at radius 1 is 1.07 bits per heavy atom. The predicted molar refractivity (Wildman–Crippen MR) is 111 cm³/mol. The van der Waals surface area contributed by atoms with E-state index in [1.165, 1.54) is 0 Å². The number of aromatic nitrogens is 2. The molecule has 0 saturated carbocycles. The Morgan fingerprint density at radius 3 is 2.71 bits per heavy atom. The quantitative estimate of drug-likeness (QED) is 0.257. The van der Waals surface area contributed by atoms with E-state index in [4.69, 9.17) is 16.3 Å². The lowest BCUT2D eigenvalue weighted by atomic mass is 10.1. The molecule has 0 atom stereocenters. The van der Waals surface area contributed by atoms with E-state index in [1.807, 2.05) is 6.92 Å². The monoisotopic (exact) mass is 399 g/mol. The van der Waals surface area contributed by atoms with Gasteiger partial charge in [0.1, 0.15) is 5.52 Å². The van der Waals surface area contributed by atoms with Gasteiger partial charge in [0.15, 0.2) is 0 Å². The lowest BCUT2D eigenvalue weighted by Crippen LogP contribution is -2.11. The van der Waals surface area contributed by atoms with Crippen LogP contribution < -0.4 is 5.32 Å². The van der Waals surface area contributed by atoms with Crippen LogP contribution in [-0.2, 0) is 9.53 Å². The van der Waals surface area contributed by atoms with Crippen LogP contribution in [0, 0.1) is 0 Å². The number of rotatable bonds is 8. The Kier molecular flexibility index (Phi) is 6.76. The number of alkyl halides is 1. The molecule has 0 saturated heterocycles. The molecule has 0 aliphatic carbocycles. The minimum Gasteiger partial charge on any atom is -0.462 e. The summed E-state index contributed by atoms with van der Waals surface area (Å²) in [5.74, 6) is -0.0343. The number of halogens is 1. The maximum absolute atomic E-state index is 12.4. The van der Waals surface area contributed by atoms with E-state index in [-0.39, 0.29) is 5.91 Å². The van der Waals surface area contributed by atoms with E-state index in [2.05, 4.69) is 15.3 Å². The summed E-state index contributed by atoms with van der Waals surface area (Å²) in [7, 11) is 0. The molecular weight excluding hydrogens is 378 g/mol. The van der Waals surface area contributed by atoms with Crippen LogP contribution >= 0.6 is 11.6 Å². The van der Waals surface area contributed by atoms with Crippen molar-refractivity contribution >= 4 is 51.2 Å². The summed E-state index contributed by atoms with van der Waals surface area (Å²) < 4.78 is 5.32. The molecule has 0 fully saturated rings. The van der Waals surface area contributed by atoms with Crippen LogP contribution in [0.15, 0.2) is 36.4 Å². The van der Waals surface area contributed by atoms with E-state index in [9.17, 15) is 9.59 Å². The first-order valence-electron chi connectivity index (χ1n) is 9.36. The molecule has 28 heavy (non-hydrogen) atoms. The number of hydrogen-bond acceptors (Lipinski definition) is 5. The number of para-hydroxylation sites is 1. The molecule has 0 aliphatic heterocycles. The number of benzene rings is 2. The van der Waals surface area contributed by atoms with Crippen molar-refractivity contribution in [1.29, 1.82) is 0 Å². The summed E-state index contributed by atoms with van der Waals surface area (Å²) in [6, 6.07) is 10.6. The number of nitrogens with zero attached hydrogens (tertiary/aromatic N) is 2. The van der Waals surface area contributed by atoms with Gasteiger partial charge in [-0.1, -0.05) is 19.4 Å². The van der Waals surface area contributed by atoms with Crippen molar-refractivity contribution in [2.75, 3.05) is 17.8 Å². The number of unbranched alkanes of at least 4 members (excludes halogenated alkanes) is 1. The highest BCUT2D eigenvalue weighted by Gasteiger charge is 2.14. The average molecular weight is 400 g/mol. The molecule has 3 rings (SSSR count). The molecule has 3 aromatic rings. The highest BCUT2D eigenvalue weighted by atomic mass is 35.5. The lowest BCUT2D eigenvalue weighted by molar-refractivity contribution is -0.116. The van der Waals surface area contributed by atoms with Crippen LogP contribution in [0.5, 0.6) is 0 Å². The molecule has 2 aromatic carbocycles. The third-order valence-electron chi connectivity index (χ3n) is 4.24. The number of nitrogens with one attached hydrogen (secondary N) is 1. The summed E-state index contributed by atoms with van der Waals surface area (Å²) in [5.41, 5.74) is 3.44. The maximum Gasteiger partial charge on any atom is 0.340 e. The minimum absolute atomic E-state index is 0.0918. The largest absolute Gasteiger partial charge is 0.462 e. The number of ether oxygens (including phenoxy) is 1. The Morgan fingerprint density at radius 2 is 1.93 bits per heavy atom. The van der Waals surface area contributed by atoms with E-state index in [0.29, 0.717) is 58.6 Å². The number of amides is 1. The SMILES string of the molecule is CCCCOC(=O)c1cccc2nc3cc(NC(=O)CCCCl)ccc3nc12. The topological polar surface area (TPSA) is 81.2 Å². The zero-order chi connectivity index (χ0) is 19.9. The van der Waals surface area contributed by atoms with Crippen molar-refractivity contribution in [1.82, 2.24) is 9.97 Å². The molecular formula is C21H22ClN3O3. The first-order chi connectivity index (χ1) is 13.6. The zero-order valence-electron chi connectivity index (χ0n) is 15.7. The second kappa shape index (κ2) is 9.46. The fourth-order valence-corrected chi connectivity index (χ4v) is 2.91. The van der Waals surface area contributed by atoms with Gasteiger partial charge >= 0.3 is 5.97 Å². The zero-order valence-corrected chi connectivity index (χ0v) is 16.5. The van der Waals surface area contributed by atoms with Crippen molar-refractivity contribution in [3.8, 4) is 0 Å². The number of carbonyl (C=O) groups excluding carboxylic acids is 2. The number of carbonyl (C=O) groups is 2. The van der Waals surface area contributed by atoms with Crippen LogP contribution in [0.3, 0.4) is 0 Å². The number of anilines is 1. The molecule has 1 N–H and O–H groups in total. The fourth-order valence-electron chi connectivity index (χ4n) is 2.78. The van der Waals surface area contributed by atoms with Gasteiger partial charge < -0.3 is 10.1 Å². The number of esters is 1. The summed E-state index contributed by atoms with van der Waals surface area (Å²) in [4.78, 5) is 33.5. The number of fused-ring (bicyclic) bond motifs is 2. The Bertz CT molecular complexity index is 1010. The summed E-state index contributed by atoms with van der Waals surface area (Å²) in [6.07, 6.45) is 2.78. The van der Waals surface area contributed by atoms with Gasteiger partial charge in [0.25, 0.3) is 0 Å². The molecule has 0 spiro atoms. The van der Waals surface area contributed by atoms with Gasteiger partial charge in [0.2, 0.25) is 5.91 Å². The fraction of sp³-hybridized carbons (Fsp3) is 0.333. The molecule has 1 aromatic heterocycles. The van der Waals surface area contributed by atoms with Crippen LogP contribution in [0.2, 0.25) is 0 Å². The normalized spacial score (nSPS) is 10.9. The number of hydrogen-bond donors (Lipinski definition) is 1. The third kappa shape index (κ3) is 4.75. The van der Waals surface area contributed by atoms with Crippen molar-refractivity contribution in [2.24, 2.45) is 0 Å². The lowest BCUT2D eigenvalue weighted by Gasteiger charge is -2.09. The molecule has 0 radical (unpaired) electrons. The molecule has 146 valence electrons. The summed E-state index contributed by atoms with van der Waals surface area (Å²) in [5, 5.41) is 2.84. The predicted octanol–water partition coefficient (Wildman–Crippen LogP) is 4.70. The van der Waals surface area contributed by atoms with Gasteiger partial charge in [-0.3, -0.25) is 4.79 Å². The molecule has 7 heteroatoms. The van der Waals surface area contributed by atoms with Crippen molar-refractivity contribution in [3.63, 3.8) is 0 Å². The standard InChI is InChI=1S/C21H22ClN3O3/c1-2-3-12-28-21(27)15-6-4-7-17-20(15)25-16-10-9-14(13-18(16)24-17)23-19(26)8-5-11-22/h4,6-7,9-10,13H,2-3,5,8,11-12H2,1H3,(H,23,26). The van der Waals surface area contributed by atoms with Crippen LogP contribution in [-0.4, -0.2) is 34.3 Å². The van der Waals surface area contributed by atoms with Crippen LogP contribution in [0.1, 0.15) is 43.0 Å². The van der Waals surface area contributed by atoms with Gasteiger partial charge in [0.05, 0.1) is 28.7 Å². The van der Waals surface area contributed by atoms with E-state index < -0.39 is 5.97 Å². The molecule has 1 amide bonds. The maximum atomic E-state index is 12.4. The highest BCUT2D eigenvalue weighted by Crippen LogP contribution is 2.22. The Balaban J connectivity index is 1.90. The highest BCUT2D eigenvalue weighted by molar-refractivity contribution is 6.18. The van der Waals surface area contributed by atoms with Gasteiger partial charge in [0, 0.05) is 18.0 Å². The Labute approximate surface area is 168 Å². The average Bonchev–Trinajstić information content (AvgIpc) is 2.70. The van der Waals surface area contributed by atoms with Crippen molar-refractivity contribution in [3.05, 3.63) is 42.0 Å². The summed E-state index contributed by atoms with van der Waals surface area (Å²) >= 11 is 5.62. The smallest absolute Gasteiger partial charge is 0.340 e. The van der Waals surface area contributed by atoms with Gasteiger partial charge in [-0.15, -0.1) is 11.6 Å². The van der Waals surface area contributed by atoms with Crippen molar-refractivity contribution < 1.29 is 14.3 Å². The van der Waals surface area contributed by atoms with E-state index in [1.54, 1.807) is 36.4 Å². The second-order valence-corrected chi connectivity index (χ2v) is 6.81. The minimum atomic E-state index is -0.393. The molecule has 0 bridgehead atoms. The molecule has 1 heterocycles. The molecule has 0 aliphatic rings. The van der Waals surface area contributed by atoms with E-state index >= 15 is 0 Å².